The molecule has 0 aliphatic rings. The molecule has 0 radical (unpaired) electrons. The number of aromatic nitrogens is 9. The van der Waals surface area contributed by atoms with Crippen molar-refractivity contribution in [1.29, 1.82) is 0 Å². The first-order valence-corrected chi connectivity index (χ1v) is 10.4. The molecule has 33 heavy (non-hydrogen) atoms. The zero-order chi connectivity index (χ0) is 23.5. The van der Waals surface area contributed by atoms with Crippen molar-refractivity contribution in [3.63, 3.8) is 0 Å². The highest BCUT2D eigenvalue weighted by Gasteiger charge is 2.14. The Hall–Kier alpha value is -2.61. The number of hydrogen-bond acceptors (Lipinski definition) is 12. The summed E-state index contributed by atoms with van der Waals surface area (Å²) in [5.41, 5.74) is 0. The Morgan fingerprint density at radius 3 is 0.788 bits per heavy atom. The van der Waals surface area contributed by atoms with Crippen molar-refractivity contribution in [3.05, 3.63) is 49.9 Å². The SMILES string of the molecule is Clc1nc(Cl)nc(Oc2cc(Oc3nc(Cl)nc(Cl)n3)cc(Oc3nc(Cl)nc(Cl)n3)c2)n1. The second kappa shape index (κ2) is 10.1. The third-order valence-corrected chi connectivity index (χ3v) is 4.18. The minimum absolute atomic E-state index is 0.110. The normalized spacial score (nSPS) is 10.7. The average Bonchev–Trinajstić information content (AvgIpc) is 2.65. The van der Waals surface area contributed by atoms with Crippen LogP contribution in [0.3, 0.4) is 0 Å². The van der Waals surface area contributed by atoms with E-state index >= 15 is 0 Å². The van der Waals surface area contributed by atoms with Crippen LogP contribution >= 0.6 is 69.6 Å². The summed E-state index contributed by atoms with van der Waals surface area (Å²) >= 11 is 34.7. The molecular formula is C15H3Cl6N9O3. The Morgan fingerprint density at radius 2 is 0.576 bits per heavy atom. The number of halogens is 6. The van der Waals surface area contributed by atoms with Gasteiger partial charge in [0.05, 0.1) is 0 Å². The van der Waals surface area contributed by atoms with Crippen molar-refractivity contribution in [3.8, 4) is 35.3 Å². The molecule has 0 N–H and O–H groups in total. The molecule has 168 valence electrons. The van der Waals surface area contributed by atoms with E-state index in [4.69, 9.17) is 83.8 Å². The quantitative estimate of drug-likeness (QED) is 0.287. The molecule has 3 aromatic heterocycles. The maximum Gasteiger partial charge on any atom is 0.327 e. The van der Waals surface area contributed by atoms with Crippen LogP contribution in [0.5, 0.6) is 35.3 Å². The van der Waals surface area contributed by atoms with Crippen molar-refractivity contribution in [2.24, 2.45) is 0 Å². The molecule has 4 aromatic rings. The van der Waals surface area contributed by atoms with Crippen molar-refractivity contribution in [2.75, 3.05) is 0 Å². The molecule has 3 heterocycles. The Labute approximate surface area is 213 Å². The van der Waals surface area contributed by atoms with E-state index < -0.39 is 0 Å². The van der Waals surface area contributed by atoms with Gasteiger partial charge in [-0.25, -0.2) is 0 Å². The second-order valence-electron chi connectivity index (χ2n) is 5.41. The van der Waals surface area contributed by atoms with Crippen LogP contribution in [0, 0.1) is 0 Å². The van der Waals surface area contributed by atoms with Gasteiger partial charge in [0.1, 0.15) is 17.2 Å². The number of nitrogens with zero attached hydrogens (tertiary/aromatic N) is 9. The Morgan fingerprint density at radius 1 is 0.364 bits per heavy atom. The lowest BCUT2D eigenvalue weighted by Gasteiger charge is -2.11. The van der Waals surface area contributed by atoms with Crippen LogP contribution < -0.4 is 14.2 Å². The number of benzene rings is 1. The van der Waals surface area contributed by atoms with Gasteiger partial charge < -0.3 is 14.2 Å². The van der Waals surface area contributed by atoms with Gasteiger partial charge in [-0.2, -0.15) is 44.9 Å². The molecule has 0 bridgehead atoms. The summed E-state index contributed by atoms with van der Waals surface area (Å²) in [6.07, 6.45) is 0. The van der Waals surface area contributed by atoms with Gasteiger partial charge in [-0.3, -0.25) is 0 Å². The van der Waals surface area contributed by atoms with E-state index in [2.05, 4.69) is 44.9 Å². The highest BCUT2D eigenvalue weighted by molar-refractivity contribution is 6.32. The summed E-state index contributed by atoms with van der Waals surface area (Å²) in [5.74, 6) is 0.329. The molecule has 0 atom stereocenters. The molecule has 18 heteroatoms. The van der Waals surface area contributed by atoms with E-state index in [0.29, 0.717) is 0 Å². The van der Waals surface area contributed by atoms with Crippen LogP contribution in [0.1, 0.15) is 0 Å². The van der Waals surface area contributed by atoms with Gasteiger partial charge in [0.25, 0.3) is 0 Å². The van der Waals surface area contributed by atoms with Crippen LogP contribution in [-0.4, -0.2) is 44.9 Å². The van der Waals surface area contributed by atoms with Gasteiger partial charge in [-0.05, 0) is 69.6 Å². The molecular weight excluding hydrogens is 567 g/mol. The molecule has 0 unspecified atom stereocenters. The van der Waals surface area contributed by atoms with Gasteiger partial charge in [-0.1, -0.05) is 0 Å². The van der Waals surface area contributed by atoms with Crippen LogP contribution in [0.2, 0.25) is 31.7 Å². The van der Waals surface area contributed by atoms with E-state index in [1.807, 2.05) is 0 Å². The number of ether oxygens (including phenoxy) is 3. The Bertz CT molecular complexity index is 1120. The van der Waals surface area contributed by atoms with E-state index in [1.165, 1.54) is 18.2 Å². The van der Waals surface area contributed by atoms with Gasteiger partial charge in [0.15, 0.2) is 0 Å². The predicted molar refractivity (Wildman–Crippen MR) is 116 cm³/mol. The zero-order valence-corrected chi connectivity index (χ0v) is 19.8. The molecule has 4 rings (SSSR count). The molecule has 0 spiro atoms. The molecule has 0 aliphatic carbocycles. The highest BCUT2D eigenvalue weighted by Crippen LogP contribution is 2.34. The van der Waals surface area contributed by atoms with E-state index in [9.17, 15) is 0 Å². The predicted octanol–water partition coefficient (Wildman–Crippen LogP) is 5.54. The van der Waals surface area contributed by atoms with Gasteiger partial charge in [0.2, 0.25) is 31.7 Å². The minimum atomic E-state index is -0.208. The molecule has 0 aliphatic heterocycles. The highest BCUT2D eigenvalue weighted by atomic mass is 35.5. The maximum absolute atomic E-state index is 5.78. The van der Waals surface area contributed by atoms with Gasteiger partial charge in [0, 0.05) is 18.2 Å². The van der Waals surface area contributed by atoms with E-state index in [1.54, 1.807) is 0 Å². The molecule has 0 saturated heterocycles. The van der Waals surface area contributed by atoms with Gasteiger partial charge >= 0.3 is 18.0 Å². The largest absolute Gasteiger partial charge is 0.424 e. The molecule has 12 nitrogen and oxygen atoms in total. The first kappa shape index (κ1) is 23.5. The van der Waals surface area contributed by atoms with Crippen molar-refractivity contribution >= 4 is 69.6 Å². The van der Waals surface area contributed by atoms with Crippen LogP contribution in [0.4, 0.5) is 0 Å². The lowest BCUT2D eigenvalue weighted by Crippen LogP contribution is -1.99. The third kappa shape index (κ3) is 6.69. The first-order valence-electron chi connectivity index (χ1n) is 8.12. The Kier molecular flexibility index (Phi) is 7.22. The second-order valence-corrected chi connectivity index (χ2v) is 7.44. The van der Waals surface area contributed by atoms with Crippen molar-refractivity contribution in [2.45, 2.75) is 0 Å². The average molecular weight is 570 g/mol. The summed E-state index contributed by atoms with van der Waals surface area (Å²) in [4.78, 5) is 33.9. The fraction of sp³-hybridized carbons (Fsp3) is 0. The molecule has 1 aromatic carbocycles. The summed E-state index contributed by atoms with van der Waals surface area (Å²) in [6.45, 7) is 0. The molecule has 0 amide bonds. The molecule has 0 saturated carbocycles. The van der Waals surface area contributed by atoms with Gasteiger partial charge in [-0.15, -0.1) is 0 Å². The monoisotopic (exact) mass is 567 g/mol. The Balaban J connectivity index is 1.71. The summed E-state index contributed by atoms with van der Waals surface area (Å²) in [6, 6.07) is 3.62. The van der Waals surface area contributed by atoms with Crippen LogP contribution in [0.25, 0.3) is 0 Å². The maximum atomic E-state index is 5.78. The fourth-order valence-electron chi connectivity index (χ4n) is 2.10. The summed E-state index contributed by atoms with van der Waals surface area (Å²) in [5, 5.41) is -1.10. The van der Waals surface area contributed by atoms with Crippen LogP contribution in [-0.2, 0) is 0 Å². The van der Waals surface area contributed by atoms with E-state index in [0.717, 1.165) is 0 Å². The van der Waals surface area contributed by atoms with Crippen molar-refractivity contribution in [1.82, 2.24) is 44.9 Å². The topological polar surface area (TPSA) is 144 Å². The standard InChI is InChI=1S/C15H3Cl6N9O3/c16-7-22-8(17)26-13(25-7)31-4-1-5(32-14-27-9(18)23-10(19)28-14)3-6(2-4)33-15-29-11(20)24-12(21)30-15/h1-3H. The van der Waals surface area contributed by atoms with E-state index in [-0.39, 0.29) is 67.0 Å². The first-order chi connectivity index (χ1) is 15.7. The number of hydrogen-bond donors (Lipinski definition) is 0. The minimum Gasteiger partial charge on any atom is -0.424 e. The lowest BCUT2D eigenvalue weighted by atomic mass is 10.3. The summed E-state index contributed by atoms with van der Waals surface area (Å²) < 4.78 is 16.8. The van der Waals surface area contributed by atoms with Crippen molar-refractivity contribution < 1.29 is 14.2 Å². The lowest BCUT2D eigenvalue weighted by molar-refractivity contribution is 0.402. The fourth-order valence-corrected chi connectivity index (χ4v) is 3.15. The summed E-state index contributed by atoms with van der Waals surface area (Å²) in [7, 11) is 0. The number of rotatable bonds is 6. The smallest absolute Gasteiger partial charge is 0.327 e. The van der Waals surface area contributed by atoms with Crippen LogP contribution in [0.15, 0.2) is 18.2 Å². The third-order valence-electron chi connectivity index (χ3n) is 3.16. The zero-order valence-electron chi connectivity index (χ0n) is 15.2. The molecule has 0 fully saturated rings.